The van der Waals surface area contributed by atoms with E-state index in [0.717, 1.165) is 54.8 Å². The van der Waals surface area contributed by atoms with Gasteiger partial charge in [0, 0.05) is 19.6 Å². The topological polar surface area (TPSA) is 114 Å². The first kappa shape index (κ1) is 33.2. The molecule has 3 rings (SSSR count). The molecular formula is C31H49N3O6S. The molecule has 1 aliphatic carbocycles. The van der Waals surface area contributed by atoms with E-state index in [1.807, 2.05) is 56.3 Å². The van der Waals surface area contributed by atoms with Crippen LogP contribution in [0.5, 0.6) is 0 Å². The smallest absolute Gasteiger partial charge is 0.247 e. The van der Waals surface area contributed by atoms with Crippen molar-refractivity contribution in [1.29, 1.82) is 0 Å². The summed E-state index contributed by atoms with van der Waals surface area (Å²) in [4.78, 5) is 32.9. The summed E-state index contributed by atoms with van der Waals surface area (Å²) in [6.45, 7) is 4.76. The summed E-state index contributed by atoms with van der Waals surface area (Å²) in [5, 5.41) is 0. The van der Waals surface area contributed by atoms with Crippen molar-refractivity contribution in [2.75, 3.05) is 19.4 Å². The van der Waals surface area contributed by atoms with Gasteiger partial charge in [-0.15, -0.1) is 4.41 Å². The third kappa shape index (κ3) is 11.9. The minimum absolute atomic E-state index is 0.0932. The lowest BCUT2D eigenvalue weighted by Crippen LogP contribution is -2.51. The maximum atomic E-state index is 13.8. The molecule has 10 heteroatoms. The molecular weight excluding hydrogens is 542 g/mol. The first-order chi connectivity index (χ1) is 19.6. The monoisotopic (exact) mass is 591 g/mol. The van der Waals surface area contributed by atoms with Crippen LogP contribution in [0.2, 0.25) is 0 Å². The van der Waals surface area contributed by atoms with Crippen LogP contribution in [0, 0.1) is 23.7 Å². The molecule has 1 saturated carbocycles. The third-order valence-corrected chi connectivity index (χ3v) is 8.99. The van der Waals surface area contributed by atoms with Crippen molar-refractivity contribution >= 4 is 27.9 Å². The van der Waals surface area contributed by atoms with Gasteiger partial charge in [0.15, 0.2) is 6.29 Å². The number of hydrazine groups is 1. The van der Waals surface area contributed by atoms with Crippen LogP contribution in [-0.4, -0.2) is 50.3 Å². The number of rotatable bonds is 15. The fourth-order valence-electron chi connectivity index (χ4n) is 5.62. The number of hydroxylamine groups is 1. The van der Waals surface area contributed by atoms with Crippen LogP contribution in [0.15, 0.2) is 36.4 Å². The minimum atomic E-state index is -3.70. The van der Waals surface area contributed by atoms with Gasteiger partial charge in [0.05, 0.1) is 18.1 Å². The molecule has 1 saturated heterocycles. The Hall–Kier alpha value is -2.27. The molecule has 3 atom stereocenters. The molecule has 0 radical (unpaired) electrons. The van der Waals surface area contributed by atoms with Gasteiger partial charge in [0.2, 0.25) is 21.8 Å². The third-order valence-electron chi connectivity index (χ3n) is 7.91. The van der Waals surface area contributed by atoms with Crippen LogP contribution in [0.1, 0.15) is 90.0 Å². The summed E-state index contributed by atoms with van der Waals surface area (Å²) in [6, 6.07) is 9.73. The summed E-state index contributed by atoms with van der Waals surface area (Å²) in [5.74, 6) is -1.90. The zero-order valence-electron chi connectivity index (χ0n) is 24.9. The van der Waals surface area contributed by atoms with Crippen LogP contribution < -0.4 is 10.9 Å². The van der Waals surface area contributed by atoms with Gasteiger partial charge in [0.1, 0.15) is 0 Å². The number of allylic oxidation sites excluding steroid dienone is 1. The molecule has 1 heterocycles. The number of carbonyl (C=O) groups is 2. The van der Waals surface area contributed by atoms with E-state index in [1.54, 1.807) is 0 Å². The number of carbonyl (C=O) groups excluding carboxylic acids is 2. The highest BCUT2D eigenvalue weighted by molar-refractivity contribution is 7.88. The molecule has 2 aliphatic rings. The quantitative estimate of drug-likeness (QED) is 0.271. The van der Waals surface area contributed by atoms with Crippen molar-refractivity contribution in [2.24, 2.45) is 23.7 Å². The van der Waals surface area contributed by atoms with Crippen LogP contribution in [0.4, 0.5) is 0 Å². The van der Waals surface area contributed by atoms with Crippen LogP contribution in [0.3, 0.4) is 0 Å². The number of hydrogen-bond donors (Lipinski definition) is 2. The van der Waals surface area contributed by atoms with Gasteiger partial charge >= 0.3 is 0 Å². The van der Waals surface area contributed by atoms with Crippen molar-refractivity contribution in [2.45, 2.75) is 90.8 Å². The Kier molecular flexibility index (Phi) is 13.8. The van der Waals surface area contributed by atoms with Gasteiger partial charge in [-0.3, -0.25) is 15.0 Å². The average Bonchev–Trinajstić information content (AvgIpc) is 2.96. The Morgan fingerprint density at radius 3 is 2.37 bits per heavy atom. The first-order valence-corrected chi connectivity index (χ1v) is 17.0. The van der Waals surface area contributed by atoms with Crippen LogP contribution in [0.25, 0.3) is 6.08 Å². The highest BCUT2D eigenvalue weighted by atomic mass is 32.2. The van der Waals surface area contributed by atoms with E-state index in [2.05, 4.69) is 10.9 Å². The van der Waals surface area contributed by atoms with Crippen LogP contribution >= 0.6 is 0 Å². The lowest BCUT2D eigenvalue weighted by atomic mass is 9.82. The molecule has 1 aromatic carbocycles. The van der Waals surface area contributed by atoms with Crippen molar-refractivity contribution in [3.8, 4) is 0 Å². The fourth-order valence-corrected chi connectivity index (χ4v) is 6.31. The van der Waals surface area contributed by atoms with E-state index in [0.29, 0.717) is 31.8 Å². The summed E-state index contributed by atoms with van der Waals surface area (Å²) in [7, 11) is -3.70. The maximum Gasteiger partial charge on any atom is 0.247 e. The summed E-state index contributed by atoms with van der Waals surface area (Å²) in [6.07, 6.45) is 14.1. The summed E-state index contributed by atoms with van der Waals surface area (Å²) in [5.41, 5.74) is 6.22. The van der Waals surface area contributed by atoms with Gasteiger partial charge in [-0.2, -0.15) is 0 Å². The van der Waals surface area contributed by atoms with Gasteiger partial charge in [-0.05, 0) is 49.5 Å². The predicted molar refractivity (Wildman–Crippen MR) is 160 cm³/mol. The molecule has 1 aliphatic heterocycles. The molecule has 41 heavy (non-hydrogen) atoms. The SMILES string of the molecule is CC(C)CC(C(=O)NN(CCC1CCCCC1)S(C)(=O)=O)[C@@H](CC=Cc1ccccc1)C(=O)NO[C@H]1CCCCO1. The van der Waals surface area contributed by atoms with E-state index >= 15 is 0 Å². The van der Waals surface area contributed by atoms with E-state index in [-0.39, 0.29) is 18.9 Å². The Morgan fingerprint density at radius 2 is 1.73 bits per heavy atom. The van der Waals surface area contributed by atoms with Crippen molar-refractivity contribution in [3.63, 3.8) is 0 Å². The molecule has 0 bridgehead atoms. The maximum absolute atomic E-state index is 13.8. The Morgan fingerprint density at radius 1 is 1.02 bits per heavy atom. The van der Waals surface area contributed by atoms with Crippen molar-refractivity contribution in [3.05, 3.63) is 42.0 Å². The Balaban J connectivity index is 1.77. The number of amides is 2. The predicted octanol–water partition coefficient (Wildman–Crippen LogP) is 5.21. The first-order valence-electron chi connectivity index (χ1n) is 15.2. The van der Waals surface area contributed by atoms with E-state index in [1.165, 1.54) is 6.42 Å². The second-order valence-electron chi connectivity index (χ2n) is 11.9. The molecule has 9 nitrogen and oxygen atoms in total. The number of nitrogens with zero attached hydrogens (tertiary/aromatic N) is 1. The number of ether oxygens (including phenoxy) is 1. The number of nitrogens with one attached hydrogen (secondary N) is 2. The summed E-state index contributed by atoms with van der Waals surface area (Å²) >= 11 is 0. The van der Waals surface area contributed by atoms with Gasteiger partial charge < -0.3 is 4.74 Å². The Labute approximate surface area is 246 Å². The van der Waals surface area contributed by atoms with Crippen LogP contribution in [-0.2, 0) is 29.2 Å². The standard InChI is InChI=1S/C31H49N3O6S/c1-24(2)23-28(30(35)32-34(41(3,37)38)21-20-26-15-8-5-9-16-26)27(18-12-17-25-13-6-4-7-14-25)31(36)33-40-29-19-10-11-22-39-29/h4,6-7,12-14,17,24,26-29H,5,8-11,15-16,18-23H2,1-3H3,(H,32,35)(H,33,36)/t27-,28?,29+/m1/s1. The second kappa shape index (κ2) is 17.0. The molecule has 2 N–H and O–H groups in total. The van der Waals surface area contributed by atoms with Gasteiger partial charge in [-0.1, -0.05) is 88.4 Å². The largest absolute Gasteiger partial charge is 0.350 e. The molecule has 2 amide bonds. The lowest BCUT2D eigenvalue weighted by molar-refractivity contribution is -0.203. The number of hydrogen-bond acceptors (Lipinski definition) is 6. The zero-order valence-corrected chi connectivity index (χ0v) is 25.7. The van der Waals surface area contributed by atoms with Crippen molar-refractivity contribution < 1.29 is 27.6 Å². The molecule has 1 aromatic rings. The minimum Gasteiger partial charge on any atom is -0.350 e. The molecule has 0 spiro atoms. The Bertz CT molecular complexity index is 1070. The zero-order chi connectivity index (χ0) is 29.7. The van der Waals surface area contributed by atoms with Gasteiger partial charge in [-0.25, -0.2) is 18.7 Å². The van der Waals surface area contributed by atoms with Gasteiger partial charge in [0.25, 0.3) is 0 Å². The van der Waals surface area contributed by atoms with Crippen molar-refractivity contribution in [1.82, 2.24) is 15.3 Å². The summed E-state index contributed by atoms with van der Waals surface area (Å²) < 4.78 is 32.0. The fraction of sp³-hybridized carbons (Fsp3) is 0.677. The number of sulfonamides is 1. The average molecular weight is 592 g/mol. The van der Waals surface area contributed by atoms with E-state index in [4.69, 9.17) is 9.57 Å². The molecule has 2 fully saturated rings. The molecule has 230 valence electrons. The van der Waals surface area contributed by atoms with E-state index < -0.39 is 40.0 Å². The molecule has 1 unspecified atom stereocenters. The highest BCUT2D eigenvalue weighted by Gasteiger charge is 2.36. The van der Waals surface area contributed by atoms with E-state index in [9.17, 15) is 18.0 Å². The lowest BCUT2D eigenvalue weighted by Gasteiger charge is -2.30. The number of benzene rings is 1. The highest BCUT2D eigenvalue weighted by Crippen LogP contribution is 2.28. The second-order valence-corrected chi connectivity index (χ2v) is 13.8. The normalized spacial score (nSPS) is 20.3. The molecule has 0 aromatic heterocycles.